The molecule has 7 heteroatoms. The largest absolute Gasteiger partial charge is 0.510 e. The summed E-state index contributed by atoms with van der Waals surface area (Å²) in [5.74, 6) is -3.69. The van der Waals surface area contributed by atoms with Crippen LogP contribution in [0.3, 0.4) is 0 Å². The molecule has 0 radical (unpaired) electrons. The molecule has 25 heavy (non-hydrogen) atoms. The van der Waals surface area contributed by atoms with Crippen molar-refractivity contribution in [3.8, 4) is 0 Å². The van der Waals surface area contributed by atoms with Gasteiger partial charge in [-0.1, -0.05) is 25.9 Å². The maximum atomic E-state index is 12.4. The molecule has 136 valence electrons. The minimum Gasteiger partial charge on any atom is -0.510 e. The van der Waals surface area contributed by atoms with Gasteiger partial charge in [0.05, 0.1) is 18.4 Å². The number of hydrogen-bond acceptors (Lipinski definition) is 7. The quantitative estimate of drug-likeness (QED) is 0.621. The molecule has 1 aliphatic rings. The lowest BCUT2D eigenvalue weighted by atomic mass is 9.75. The van der Waals surface area contributed by atoms with Crippen LogP contribution < -0.4 is 0 Å². The van der Waals surface area contributed by atoms with Gasteiger partial charge in [-0.25, -0.2) is 0 Å². The number of Topliss-reactive ketones (excluding diaryl/α,β-unsaturated/α-hetero) is 2. The van der Waals surface area contributed by atoms with Crippen molar-refractivity contribution in [2.75, 3.05) is 7.11 Å². The van der Waals surface area contributed by atoms with Crippen molar-refractivity contribution < 1.29 is 28.8 Å². The molecule has 0 aliphatic heterocycles. The Morgan fingerprint density at radius 2 is 2.12 bits per heavy atom. The second kappa shape index (κ2) is 7.63. The van der Waals surface area contributed by atoms with E-state index >= 15 is 0 Å². The number of hydrogen-bond donors (Lipinski definition) is 1. The van der Waals surface area contributed by atoms with Crippen molar-refractivity contribution in [1.29, 1.82) is 0 Å². The summed E-state index contributed by atoms with van der Waals surface area (Å²) >= 11 is 0. The first-order chi connectivity index (χ1) is 11.8. The van der Waals surface area contributed by atoms with Gasteiger partial charge in [0.15, 0.2) is 11.6 Å². The number of esters is 1. The summed E-state index contributed by atoms with van der Waals surface area (Å²) in [7, 11) is 1.19. The Morgan fingerprint density at radius 3 is 2.64 bits per heavy atom. The summed E-state index contributed by atoms with van der Waals surface area (Å²) in [6.45, 7) is 5.67. The molecular formula is C18H23NO6. The van der Waals surface area contributed by atoms with Crippen LogP contribution in [-0.2, 0) is 19.1 Å². The second-order valence-electron chi connectivity index (χ2n) is 6.48. The second-order valence-corrected chi connectivity index (χ2v) is 6.48. The minimum absolute atomic E-state index is 0.110. The molecule has 1 aromatic heterocycles. The highest BCUT2D eigenvalue weighted by molar-refractivity contribution is 6.21. The lowest BCUT2D eigenvalue weighted by molar-refractivity contribution is -0.146. The van der Waals surface area contributed by atoms with Gasteiger partial charge in [0.1, 0.15) is 17.4 Å². The molecule has 0 fully saturated rings. The van der Waals surface area contributed by atoms with Crippen molar-refractivity contribution in [2.24, 2.45) is 5.92 Å². The van der Waals surface area contributed by atoms with Crippen LogP contribution in [0.5, 0.6) is 0 Å². The molecule has 1 aromatic rings. The lowest BCUT2D eigenvalue weighted by Crippen LogP contribution is -2.35. The highest BCUT2D eigenvalue weighted by Gasteiger charge is 2.45. The first-order valence-electron chi connectivity index (χ1n) is 8.35. The Balaban J connectivity index is 2.49. The van der Waals surface area contributed by atoms with Gasteiger partial charge in [-0.2, -0.15) is 0 Å². The fraction of sp³-hybridized carbons (Fsp3) is 0.556. The summed E-state index contributed by atoms with van der Waals surface area (Å²) in [5.41, 5.74) is 0.388. The molecule has 0 saturated carbocycles. The fourth-order valence-electron chi connectivity index (χ4n) is 2.98. The third-order valence-corrected chi connectivity index (χ3v) is 4.35. The van der Waals surface area contributed by atoms with Gasteiger partial charge in [-0.3, -0.25) is 14.4 Å². The highest BCUT2D eigenvalue weighted by Crippen LogP contribution is 2.40. The Morgan fingerprint density at radius 1 is 1.44 bits per heavy atom. The third kappa shape index (κ3) is 3.65. The molecule has 0 bridgehead atoms. The summed E-state index contributed by atoms with van der Waals surface area (Å²) in [4.78, 5) is 36.9. The number of aliphatic hydroxyl groups excluding tert-OH is 1. The minimum atomic E-state index is -1.16. The molecular weight excluding hydrogens is 326 g/mol. The van der Waals surface area contributed by atoms with Crippen molar-refractivity contribution in [2.45, 2.75) is 51.9 Å². The van der Waals surface area contributed by atoms with Gasteiger partial charge in [0.2, 0.25) is 0 Å². The maximum absolute atomic E-state index is 12.4. The molecule has 0 saturated heterocycles. The Bertz CT molecular complexity index is 715. The SMILES string of the molecule is CCCC(=O)C1=C(O)C(C(=O)OC)C(c2cc(C(C)C)no2)CC1=O. The zero-order valence-electron chi connectivity index (χ0n) is 14.9. The molecule has 1 heterocycles. The average Bonchev–Trinajstić information content (AvgIpc) is 3.04. The van der Waals surface area contributed by atoms with Gasteiger partial charge in [0.25, 0.3) is 0 Å². The van der Waals surface area contributed by atoms with E-state index in [9.17, 15) is 19.5 Å². The third-order valence-electron chi connectivity index (χ3n) is 4.35. The van der Waals surface area contributed by atoms with Crippen LogP contribution in [0.4, 0.5) is 0 Å². The summed E-state index contributed by atoms with van der Waals surface area (Å²) < 4.78 is 10.1. The maximum Gasteiger partial charge on any atom is 0.317 e. The van der Waals surface area contributed by atoms with Gasteiger partial charge >= 0.3 is 5.97 Å². The predicted octanol–water partition coefficient (Wildman–Crippen LogP) is 2.82. The molecule has 0 aromatic carbocycles. The number of aliphatic hydroxyl groups is 1. The molecule has 2 atom stereocenters. The van der Waals surface area contributed by atoms with Crippen LogP contribution in [0.2, 0.25) is 0 Å². The van der Waals surface area contributed by atoms with Crippen molar-refractivity contribution >= 4 is 17.5 Å². The Kier molecular flexibility index (Phi) is 5.77. The number of allylic oxidation sites excluding steroid dienone is 1. The number of ketones is 2. The molecule has 2 rings (SSSR count). The highest BCUT2D eigenvalue weighted by atomic mass is 16.5. The van der Waals surface area contributed by atoms with Crippen LogP contribution in [0.15, 0.2) is 21.9 Å². The number of carbonyl (C=O) groups is 3. The Hall–Kier alpha value is -2.44. The molecule has 1 aliphatic carbocycles. The Labute approximate surface area is 146 Å². The topological polar surface area (TPSA) is 107 Å². The monoisotopic (exact) mass is 349 g/mol. The predicted molar refractivity (Wildman–Crippen MR) is 88.0 cm³/mol. The molecule has 1 N–H and O–H groups in total. The van der Waals surface area contributed by atoms with E-state index < -0.39 is 35.1 Å². The summed E-state index contributed by atoms with van der Waals surface area (Å²) in [5, 5.41) is 14.5. The van der Waals surface area contributed by atoms with Crippen LogP contribution in [0.25, 0.3) is 0 Å². The van der Waals surface area contributed by atoms with Crippen LogP contribution in [0, 0.1) is 5.92 Å². The van der Waals surface area contributed by atoms with Crippen LogP contribution in [0.1, 0.15) is 63.3 Å². The van der Waals surface area contributed by atoms with Crippen LogP contribution in [-0.4, -0.2) is 34.9 Å². The van der Waals surface area contributed by atoms with Gasteiger partial charge in [-0.15, -0.1) is 0 Å². The number of nitrogens with zero attached hydrogens (tertiary/aromatic N) is 1. The molecule has 7 nitrogen and oxygen atoms in total. The number of ether oxygens (including phenoxy) is 1. The number of methoxy groups -OCH3 is 1. The standard InChI is InChI=1S/C18H23NO6/c1-5-6-12(20)16-13(21)7-10(15(17(16)22)18(23)24-4)14-8-11(9(2)3)19-25-14/h8-10,15,22H,5-7H2,1-4H3. The smallest absolute Gasteiger partial charge is 0.317 e. The van der Waals surface area contributed by atoms with E-state index in [2.05, 4.69) is 5.16 Å². The van der Waals surface area contributed by atoms with Crippen molar-refractivity contribution in [1.82, 2.24) is 5.16 Å². The zero-order valence-corrected chi connectivity index (χ0v) is 14.9. The average molecular weight is 349 g/mol. The van der Waals surface area contributed by atoms with E-state index in [1.54, 1.807) is 13.0 Å². The van der Waals surface area contributed by atoms with E-state index in [0.29, 0.717) is 17.9 Å². The van der Waals surface area contributed by atoms with Gasteiger partial charge in [0, 0.05) is 24.8 Å². The van der Waals surface area contributed by atoms with E-state index in [1.165, 1.54) is 7.11 Å². The molecule has 2 unspecified atom stereocenters. The lowest BCUT2D eigenvalue weighted by Gasteiger charge is -2.28. The summed E-state index contributed by atoms with van der Waals surface area (Å²) in [6.07, 6.45) is 0.542. The van der Waals surface area contributed by atoms with Gasteiger partial charge in [-0.05, 0) is 12.3 Å². The summed E-state index contributed by atoms with van der Waals surface area (Å²) in [6, 6.07) is 1.67. The fourth-order valence-corrected chi connectivity index (χ4v) is 2.98. The van der Waals surface area contributed by atoms with Crippen molar-refractivity contribution in [3.63, 3.8) is 0 Å². The first kappa shape index (κ1) is 18.9. The zero-order chi connectivity index (χ0) is 18.7. The molecule has 0 spiro atoms. The van der Waals surface area contributed by atoms with Crippen molar-refractivity contribution in [3.05, 3.63) is 28.9 Å². The number of carbonyl (C=O) groups excluding carboxylic acids is 3. The van der Waals surface area contributed by atoms with E-state index in [1.807, 2.05) is 13.8 Å². The van der Waals surface area contributed by atoms with E-state index in [-0.39, 0.29) is 24.3 Å². The van der Waals surface area contributed by atoms with Crippen LogP contribution >= 0.6 is 0 Å². The number of aromatic nitrogens is 1. The molecule has 0 amide bonds. The van der Waals surface area contributed by atoms with Gasteiger partial charge < -0.3 is 14.4 Å². The number of rotatable bonds is 6. The first-order valence-corrected chi connectivity index (χ1v) is 8.35. The van der Waals surface area contributed by atoms with E-state index in [4.69, 9.17) is 9.26 Å². The normalized spacial score (nSPS) is 20.9. The van der Waals surface area contributed by atoms with E-state index in [0.717, 1.165) is 0 Å².